The Morgan fingerprint density at radius 3 is 2.63 bits per heavy atom. The van der Waals surface area contributed by atoms with Gasteiger partial charge in [-0.1, -0.05) is 35.9 Å². The van der Waals surface area contributed by atoms with Crippen LogP contribution in [0.25, 0.3) is 28.7 Å². The summed E-state index contributed by atoms with van der Waals surface area (Å²) in [5, 5.41) is 10.3. The molecule has 0 aliphatic rings. The third-order valence-corrected chi connectivity index (χ3v) is 4.88. The summed E-state index contributed by atoms with van der Waals surface area (Å²) >= 11 is 5.94. The Bertz CT molecular complexity index is 1350. The third kappa shape index (κ3) is 3.65. The van der Waals surface area contributed by atoms with Crippen molar-refractivity contribution < 1.29 is 14.2 Å². The van der Waals surface area contributed by atoms with Crippen molar-refractivity contribution in [3.8, 4) is 17.2 Å². The summed E-state index contributed by atoms with van der Waals surface area (Å²) in [6.45, 7) is 0. The lowest BCUT2D eigenvalue weighted by Gasteiger charge is -2.12. The molecule has 4 aromatic rings. The molecule has 0 spiro atoms. The van der Waals surface area contributed by atoms with Gasteiger partial charge in [0.15, 0.2) is 11.5 Å². The first kappa shape index (κ1) is 19.7. The van der Waals surface area contributed by atoms with Crippen LogP contribution in [0, 0.1) is 5.82 Å². The molecule has 0 saturated heterocycles. The molecule has 1 N–H and O–H groups in total. The number of aromatic hydroxyl groups is 1. The molecule has 1 aromatic heterocycles. The van der Waals surface area contributed by atoms with Gasteiger partial charge < -0.3 is 9.84 Å². The summed E-state index contributed by atoms with van der Waals surface area (Å²) in [7, 11) is 1.47. The largest absolute Gasteiger partial charge is 0.504 e. The maximum atomic E-state index is 13.7. The van der Waals surface area contributed by atoms with E-state index in [1.165, 1.54) is 35.9 Å². The average Bonchev–Trinajstić information content (AvgIpc) is 2.74. The molecule has 0 aliphatic heterocycles. The van der Waals surface area contributed by atoms with Crippen molar-refractivity contribution in [2.45, 2.75) is 0 Å². The molecule has 150 valence electrons. The number of halogens is 2. The van der Waals surface area contributed by atoms with E-state index in [2.05, 4.69) is 4.98 Å². The van der Waals surface area contributed by atoms with Crippen LogP contribution in [0.2, 0.25) is 5.02 Å². The number of methoxy groups -OCH3 is 1. The number of phenolic OH excluding ortho intramolecular Hbond substituents is 1. The number of nitrogens with zero attached hydrogens (tertiary/aromatic N) is 2. The molecular weight excluding hydrogens is 407 g/mol. The minimum absolute atomic E-state index is 0.00572. The van der Waals surface area contributed by atoms with Crippen molar-refractivity contribution in [3.63, 3.8) is 0 Å². The van der Waals surface area contributed by atoms with E-state index in [0.717, 1.165) is 0 Å². The van der Waals surface area contributed by atoms with Crippen molar-refractivity contribution in [2.75, 3.05) is 7.11 Å². The zero-order valence-corrected chi connectivity index (χ0v) is 16.6. The smallest absolute Gasteiger partial charge is 0.266 e. The van der Waals surface area contributed by atoms with Gasteiger partial charge >= 0.3 is 0 Å². The van der Waals surface area contributed by atoms with Crippen molar-refractivity contribution in [3.05, 3.63) is 93.2 Å². The first-order valence-electron chi connectivity index (χ1n) is 9.00. The Balaban J connectivity index is 1.90. The van der Waals surface area contributed by atoms with Crippen LogP contribution >= 0.6 is 11.6 Å². The molecule has 7 heteroatoms. The van der Waals surface area contributed by atoms with Crippen LogP contribution in [0.15, 0.2) is 65.5 Å². The van der Waals surface area contributed by atoms with E-state index < -0.39 is 5.82 Å². The van der Waals surface area contributed by atoms with Crippen LogP contribution in [0.5, 0.6) is 11.5 Å². The number of hydrogen-bond donors (Lipinski definition) is 1. The predicted octanol–water partition coefficient (Wildman–Crippen LogP) is 5.06. The predicted molar refractivity (Wildman–Crippen MR) is 116 cm³/mol. The second-order valence-corrected chi connectivity index (χ2v) is 6.90. The van der Waals surface area contributed by atoms with Gasteiger partial charge in [0.2, 0.25) is 0 Å². The molecule has 0 bridgehead atoms. The summed E-state index contributed by atoms with van der Waals surface area (Å²) < 4.78 is 20.1. The molecule has 0 radical (unpaired) electrons. The fourth-order valence-electron chi connectivity index (χ4n) is 3.12. The Morgan fingerprint density at radius 1 is 1.10 bits per heavy atom. The molecule has 0 atom stereocenters. The summed E-state index contributed by atoms with van der Waals surface area (Å²) in [5.41, 5.74) is 1.30. The van der Waals surface area contributed by atoms with Crippen LogP contribution in [0.4, 0.5) is 4.39 Å². The van der Waals surface area contributed by atoms with E-state index in [1.807, 2.05) is 0 Å². The van der Waals surface area contributed by atoms with Gasteiger partial charge in [0, 0.05) is 0 Å². The van der Waals surface area contributed by atoms with Gasteiger partial charge in [0.25, 0.3) is 5.56 Å². The molecule has 0 saturated carbocycles. The summed E-state index contributed by atoms with van der Waals surface area (Å²) in [6, 6.07) is 16.0. The number of aromatic nitrogens is 2. The molecule has 1 heterocycles. The fourth-order valence-corrected chi connectivity index (χ4v) is 3.29. The zero-order valence-electron chi connectivity index (χ0n) is 15.8. The number of phenols is 1. The standard InChI is InChI=1S/C23H16ClFN2O3/c1-30-21-10-6-14(12-20(21)28)7-11-22-26-19-5-3-2-4-16(19)23(29)27(22)15-8-9-18(25)17(24)13-15/h2-13,28H,1H3/b11-7+. The first-order chi connectivity index (χ1) is 14.5. The Labute approximate surface area is 176 Å². The Morgan fingerprint density at radius 2 is 1.90 bits per heavy atom. The van der Waals surface area contributed by atoms with Gasteiger partial charge in [-0.3, -0.25) is 9.36 Å². The van der Waals surface area contributed by atoms with Crippen LogP contribution < -0.4 is 10.3 Å². The van der Waals surface area contributed by atoms with E-state index in [1.54, 1.807) is 48.6 Å². The van der Waals surface area contributed by atoms with Gasteiger partial charge in [-0.25, -0.2) is 9.37 Å². The van der Waals surface area contributed by atoms with E-state index >= 15 is 0 Å². The highest BCUT2D eigenvalue weighted by Crippen LogP contribution is 2.27. The molecule has 0 unspecified atom stereocenters. The number of fused-ring (bicyclic) bond motifs is 1. The number of hydrogen-bond acceptors (Lipinski definition) is 4. The highest BCUT2D eigenvalue weighted by Gasteiger charge is 2.12. The minimum atomic E-state index is -0.576. The number of benzene rings is 3. The molecule has 5 nitrogen and oxygen atoms in total. The lowest BCUT2D eigenvalue weighted by molar-refractivity contribution is 0.373. The lowest BCUT2D eigenvalue weighted by atomic mass is 10.1. The van der Waals surface area contributed by atoms with E-state index in [4.69, 9.17) is 16.3 Å². The second-order valence-electron chi connectivity index (χ2n) is 6.49. The maximum Gasteiger partial charge on any atom is 0.266 e. The molecule has 0 amide bonds. The van der Waals surface area contributed by atoms with E-state index in [-0.39, 0.29) is 16.3 Å². The average molecular weight is 423 g/mol. The van der Waals surface area contributed by atoms with Crippen LogP contribution in [0.3, 0.4) is 0 Å². The van der Waals surface area contributed by atoms with Crippen LogP contribution in [-0.4, -0.2) is 21.8 Å². The molecule has 30 heavy (non-hydrogen) atoms. The monoisotopic (exact) mass is 422 g/mol. The Kier molecular flexibility index (Phi) is 5.25. The molecule has 4 rings (SSSR count). The zero-order chi connectivity index (χ0) is 21.3. The number of ether oxygens (including phenoxy) is 1. The highest BCUT2D eigenvalue weighted by molar-refractivity contribution is 6.30. The second kappa shape index (κ2) is 8.00. The summed E-state index contributed by atoms with van der Waals surface area (Å²) in [6.07, 6.45) is 3.35. The molecule has 0 fully saturated rings. The van der Waals surface area contributed by atoms with Crippen LogP contribution in [-0.2, 0) is 0 Å². The van der Waals surface area contributed by atoms with Gasteiger partial charge in [-0.2, -0.15) is 0 Å². The van der Waals surface area contributed by atoms with Crippen molar-refractivity contribution in [2.24, 2.45) is 0 Å². The van der Waals surface area contributed by atoms with Gasteiger partial charge in [0.05, 0.1) is 28.7 Å². The van der Waals surface area contributed by atoms with Gasteiger partial charge in [0.1, 0.15) is 11.6 Å². The van der Waals surface area contributed by atoms with Crippen LogP contribution in [0.1, 0.15) is 11.4 Å². The molecular formula is C23H16ClFN2O3. The van der Waals surface area contributed by atoms with Gasteiger partial charge in [-0.15, -0.1) is 0 Å². The Hall–Kier alpha value is -3.64. The van der Waals surface area contributed by atoms with E-state index in [0.29, 0.717) is 33.7 Å². The fraction of sp³-hybridized carbons (Fsp3) is 0.0435. The summed E-state index contributed by atoms with van der Waals surface area (Å²) in [4.78, 5) is 17.8. The molecule has 0 aliphatic carbocycles. The normalized spacial score (nSPS) is 11.3. The highest BCUT2D eigenvalue weighted by atomic mass is 35.5. The van der Waals surface area contributed by atoms with Crippen molar-refractivity contribution >= 4 is 34.7 Å². The van der Waals surface area contributed by atoms with Gasteiger partial charge in [-0.05, 0) is 54.1 Å². The van der Waals surface area contributed by atoms with Crippen molar-refractivity contribution in [1.82, 2.24) is 9.55 Å². The number of para-hydroxylation sites is 1. The quantitative estimate of drug-likeness (QED) is 0.499. The molecule has 3 aromatic carbocycles. The topological polar surface area (TPSA) is 64.3 Å². The first-order valence-corrected chi connectivity index (χ1v) is 9.38. The minimum Gasteiger partial charge on any atom is -0.504 e. The van der Waals surface area contributed by atoms with E-state index in [9.17, 15) is 14.3 Å². The maximum absolute atomic E-state index is 13.7. The number of rotatable bonds is 4. The third-order valence-electron chi connectivity index (χ3n) is 4.59. The SMILES string of the molecule is COc1ccc(/C=C/c2nc3ccccc3c(=O)n2-c2ccc(F)c(Cl)c2)cc1O. The lowest BCUT2D eigenvalue weighted by Crippen LogP contribution is -2.22. The summed E-state index contributed by atoms with van der Waals surface area (Å²) in [5.74, 6) is 0.104. The van der Waals surface area contributed by atoms with Crippen molar-refractivity contribution in [1.29, 1.82) is 0 Å².